The molecule has 0 unspecified atom stereocenters. The van der Waals surface area contributed by atoms with Crippen LogP contribution < -0.4 is 5.73 Å². The summed E-state index contributed by atoms with van der Waals surface area (Å²) < 4.78 is 0. The molecular formula is C15H16N4. The molecule has 3 rings (SSSR count). The van der Waals surface area contributed by atoms with E-state index in [2.05, 4.69) is 39.2 Å². The fraction of sp³-hybridized carbons (Fsp3) is 0.200. The van der Waals surface area contributed by atoms with Crippen molar-refractivity contribution < 1.29 is 0 Å². The van der Waals surface area contributed by atoms with Crippen LogP contribution in [-0.4, -0.2) is 15.0 Å². The largest absolute Gasteiger partial charge is 0.346 e. The maximum atomic E-state index is 6.09. The maximum Gasteiger partial charge on any atom is 0.141 e. The summed E-state index contributed by atoms with van der Waals surface area (Å²) in [6, 6.07) is 10.2. The van der Waals surface area contributed by atoms with Crippen molar-refractivity contribution in [2.75, 3.05) is 0 Å². The van der Waals surface area contributed by atoms with E-state index in [0.29, 0.717) is 0 Å². The van der Waals surface area contributed by atoms with Gasteiger partial charge in [0, 0.05) is 22.7 Å². The molecule has 0 fully saturated rings. The molecule has 19 heavy (non-hydrogen) atoms. The number of fused-ring (bicyclic) bond motifs is 1. The summed E-state index contributed by atoms with van der Waals surface area (Å²) >= 11 is 0. The van der Waals surface area contributed by atoms with Crippen LogP contribution >= 0.6 is 0 Å². The first kappa shape index (κ1) is 11.9. The van der Waals surface area contributed by atoms with Gasteiger partial charge in [-0.2, -0.15) is 0 Å². The molecule has 96 valence electrons. The van der Waals surface area contributed by atoms with Crippen molar-refractivity contribution in [3.63, 3.8) is 0 Å². The molecular weight excluding hydrogens is 236 g/mol. The zero-order valence-electron chi connectivity index (χ0n) is 11.0. The molecule has 3 aromatic rings. The summed E-state index contributed by atoms with van der Waals surface area (Å²) in [5, 5.41) is 1.03. The molecule has 0 bridgehead atoms. The van der Waals surface area contributed by atoms with Gasteiger partial charge < -0.3 is 10.7 Å². The van der Waals surface area contributed by atoms with Crippen LogP contribution in [0.1, 0.15) is 19.4 Å². The van der Waals surface area contributed by atoms with Crippen molar-refractivity contribution in [2.45, 2.75) is 19.4 Å². The topological polar surface area (TPSA) is 67.6 Å². The third-order valence-corrected chi connectivity index (χ3v) is 3.26. The zero-order chi connectivity index (χ0) is 13.5. The predicted molar refractivity (Wildman–Crippen MR) is 76.5 cm³/mol. The number of aromatic nitrogens is 3. The van der Waals surface area contributed by atoms with E-state index < -0.39 is 0 Å². The molecule has 0 aliphatic rings. The molecule has 0 saturated carbocycles. The van der Waals surface area contributed by atoms with Crippen LogP contribution in [0.2, 0.25) is 0 Å². The normalized spacial score (nSPS) is 11.9. The zero-order valence-corrected chi connectivity index (χ0v) is 11.0. The predicted octanol–water partition coefficient (Wildman–Crippen LogP) is 2.82. The van der Waals surface area contributed by atoms with Crippen molar-refractivity contribution >= 4 is 11.0 Å². The lowest BCUT2D eigenvalue weighted by molar-refractivity contribution is 0.554. The van der Waals surface area contributed by atoms with E-state index in [1.807, 2.05) is 26.1 Å². The van der Waals surface area contributed by atoms with Crippen molar-refractivity contribution in [3.05, 3.63) is 48.4 Å². The van der Waals surface area contributed by atoms with Gasteiger partial charge in [-0.15, -0.1) is 0 Å². The number of nitrogens with one attached hydrogen (secondary N) is 1. The summed E-state index contributed by atoms with van der Waals surface area (Å²) in [6.45, 7) is 3.99. The smallest absolute Gasteiger partial charge is 0.141 e. The van der Waals surface area contributed by atoms with Crippen LogP contribution in [0.3, 0.4) is 0 Å². The minimum atomic E-state index is -0.326. The molecule has 2 aromatic heterocycles. The van der Waals surface area contributed by atoms with E-state index in [9.17, 15) is 0 Å². The second kappa shape index (κ2) is 4.17. The quantitative estimate of drug-likeness (QED) is 0.737. The molecule has 0 aliphatic heterocycles. The molecule has 0 aliphatic carbocycles. The third-order valence-electron chi connectivity index (χ3n) is 3.26. The standard InChI is InChI=1S/C15H16N4/c1-15(2,16)11-5-3-10(4-6-11)13-12-7-8-17-14(12)19-9-18-13/h3-9H,16H2,1-2H3,(H,17,18,19). The molecule has 1 aromatic carbocycles. The fourth-order valence-electron chi connectivity index (χ4n) is 2.16. The van der Waals surface area contributed by atoms with Gasteiger partial charge in [-0.1, -0.05) is 24.3 Å². The van der Waals surface area contributed by atoms with E-state index in [4.69, 9.17) is 5.73 Å². The van der Waals surface area contributed by atoms with Crippen LogP contribution in [0.15, 0.2) is 42.9 Å². The highest BCUT2D eigenvalue weighted by Gasteiger charge is 2.14. The highest BCUT2D eigenvalue weighted by molar-refractivity contribution is 5.90. The van der Waals surface area contributed by atoms with Crippen molar-refractivity contribution in [2.24, 2.45) is 5.73 Å². The van der Waals surface area contributed by atoms with Crippen molar-refractivity contribution in [1.29, 1.82) is 0 Å². The minimum Gasteiger partial charge on any atom is -0.346 e. The van der Waals surface area contributed by atoms with Gasteiger partial charge in [0.15, 0.2) is 0 Å². The van der Waals surface area contributed by atoms with Crippen LogP contribution in [0.4, 0.5) is 0 Å². The summed E-state index contributed by atoms with van der Waals surface area (Å²) in [5.74, 6) is 0. The SMILES string of the molecule is CC(C)(N)c1ccc(-c2ncnc3[nH]ccc23)cc1. The number of hydrogen-bond donors (Lipinski definition) is 2. The second-order valence-electron chi connectivity index (χ2n) is 5.26. The highest BCUT2D eigenvalue weighted by atomic mass is 14.9. The summed E-state index contributed by atoms with van der Waals surface area (Å²) in [6.07, 6.45) is 3.45. The average molecular weight is 252 g/mol. The Bertz CT molecular complexity index is 705. The lowest BCUT2D eigenvalue weighted by Gasteiger charge is -2.19. The van der Waals surface area contributed by atoms with E-state index in [1.165, 1.54) is 0 Å². The van der Waals surface area contributed by atoms with Gasteiger partial charge in [0.05, 0.1) is 5.69 Å². The van der Waals surface area contributed by atoms with Crippen molar-refractivity contribution in [1.82, 2.24) is 15.0 Å². The van der Waals surface area contributed by atoms with Crippen LogP contribution in [-0.2, 0) is 5.54 Å². The number of rotatable bonds is 2. The second-order valence-corrected chi connectivity index (χ2v) is 5.26. The molecule has 4 heteroatoms. The van der Waals surface area contributed by atoms with E-state index in [-0.39, 0.29) is 5.54 Å². The van der Waals surface area contributed by atoms with Crippen molar-refractivity contribution in [3.8, 4) is 11.3 Å². The third kappa shape index (κ3) is 2.11. The number of nitrogens with two attached hydrogens (primary N) is 1. The fourth-order valence-corrected chi connectivity index (χ4v) is 2.16. The maximum absolute atomic E-state index is 6.09. The Morgan fingerprint density at radius 2 is 1.79 bits per heavy atom. The van der Waals surface area contributed by atoms with Gasteiger partial charge in [-0.05, 0) is 25.5 Å². The first-order valence-electron chi connectivity index (χ1n) is 6.23. The number of benzene rings is 1. The molecule has 4 nitrogen and oxygen atoms in total. The Balaban J connectivity index is 2.10. The van der Waals surface area contributed by atoms with E-state index in [0.717, 1.165) is 27.9 Å². The Morgan fingerprint density at radius 3 is 2.47 bits per heavy atom. The molecule has 0 atom stereocenters. The lowest BCUT2D eigenvalue weighted by atomic mass is 9.94. The first-order valence-corrected chi connectivity index (χ1v) is 6.23. The number of nitrogens with zero attached hydrogens (tertiary/aromatic N) is 2. The lowest BCUT2D eigenvalue weighted by Crippen LogP contribution is -2.28. The molecule has 3 N–H and O–H groups in total. The van der Waals surface area contributed by atoms with Gasteiger partial charge in [0.25, 0.3) is 0 Å². The van der Waals surface area contributed by atoms with Crippen LogP contribution in [0, 0.1) is 0 Å². The Kier molecular flexibility index (Phi) is 2.61. The van der Waals surface area contributed by atoms with Gasteiger partial charge in [-0.3, -0.25) is 0 Å². The number of aromatic amines is 1. The molecule has 0 radical (unpaired) electrons. The van der Waals surface area contributed by atoms with Crippen LogP contribution in [0.25, 0.3) is 22.3 Å². The number of hydrogen-bond acceptors (Lipinski definition) is 3. The van der Waals surface area contributed by atoms with E-state index >= 15 is 0 Å². The minimum absolute atomic E-state index is 0.326. The van der Waals surface area contributed by atoms with Crippen LogP contribution in [0.5, 0.6) is 0 Å². The van der Waals surface area contributed by atoms with E-state index in [1.54, 1.807) is 6.33 Å². The van der Waals surface area contributed by atoms with Gasteiger partial charge in [-0.25, -0.2) is 9.97 Å². The Labute approximate surface area is 111 Å². The average Bonchev–Trinajstić information content (AvgIpc) is 2.86. The first-order chi connectivity index (χ1) is 9.05. The molecule has 2 heterocycles. The van der Waals surface area contributed by atoms with Gasteiger partial charge in [0.1, 0.15) is 12.0 Å². The summed E-state index contributed by atoms with van der Waals surface area (Å²) in [4.78, 5) is 11.7. The molecule has 0 saturated heterocycles. The molecule has 0 amide bonds. The Morgan fingerprint density at radius 1 is 1.05 bits per heavy atom. The Hall–Kier alpha value is -2.20. The number of H-pyrrole nitrogens is 1. The molecule has 0 spiro atoms. The van der Waals surface area contributed by atoms with Gasteiger partial charge in [0.2, 0.25) is 0 Å². The summed E-state index contributed by atoms with van der Waals surface area (Å²) in [5.41, 5.74) is 9.73. The van der Waals surface area contributed by atoms with Gasteiger partial charge >= 0.3 is 0 Å². The highest BCUT2D eigenvalue weighted by Crippen LogP contribution is 2.26. The summed E-state index contributed by atoms with van der Waals surface area (Å²) in [7, 11) is 0. The monoisotopic (exact) mass is 252 g/mol.